The first kappa shape index (κ1) is 11.3. The molecule has 3 N–H and O–H groups in total. The number of likely N-dealkylation sites (tertiary alicyclic amines) is 1. The third-order valence-corrected chi connectivity index (χ3v) is 2.43. The molecule has 1 heterocycles. The number of halogens is 3. The molecule has 3 nitrogen and oxygen atoms in total. The SMILES string of the molecule is N=C(N)C1CCN(CC(F)(F)F)CC1. The van der Waals surface area contributed by atoms with Gasteiger partial charge in [0.2, 0.25) is 0 Å². The first-order valence-corrected chi connectivity index (χ1v) is 4.51. The van der Waals surface area contributed by atoms with Crippen LogP contribution in [0.4, 0.5) is 13.2 Å². The van der Waals surface area contributed by atoms with Crippen LogP contribution in [0.1, 0.15) is 12.8 Å². The van der Waals surface area contributed by atoms with Crippen molar-refractivity contribution in [3.63, 3.8) is 0 Å². The largest absolute Gasteiger partial charge is 0.401 e. The van der Waals surface area contributed by atoms with Gasteiger partial charge in [-0.15, -0.1) is 0 Å². The molecule has 0 aliphatic carbocycles. The standard InChI is InChI=1S/C8H14F3N3/c9-8(10,11)5-14-3-1-6(2-4-14)7(12)13/h6H,1-5H2,(H3,12,13). The Morgan fingerprint density at radius 1 is 1.36 bits per heavy atom. The van der Waals surface area contributed by atoms with Crippen molar-refractivity contribution in [1.82, 2.24) is 4.90 Å². The highest BCUT2D eigenvalue weighted by Gasteiger charge is 2.32. The summed E-state index contributed by atoms with van der Waals surface area (Å²) >= 11 is 0. The Bertz CT molecular complexity index is 206. The zero-order valence-electron chi connectivity index (χ0n) is 7.77. The van der Waals surface area contributed by atoms with Gasteiger partial charge in [-0.05, 0) is 25.9 Å². The Kier molecular flexibility index (Phi) is 3.36. The van der Waals surface area contributed by atoms with E-state index < -0.39 is 12.7 Å². The summed E-state index contributed by atoms with van der Waals surface area (Å²) in [6.07, 6.45) is -3.00. The Morgan fingerprint density at radius 3 is 2.21 bits per heavy atom. The van der Waals surface area contributed by atoms with Gasteiger partial charge in [-0.1, -0.05) is 0 Å². The van der Waals surface area contributed by atoms with E-state index in [1.165, 1.54) is 4.90 Å². The minimum Gasteiger partial charge on any atom is -0.387 e. The fraction of sp³-hybridized carbons (Fsp3) is 0.875. The van der Waals surface area contributed by atoms with Crippen LogP contribution in [0.2, 0.25) is 0 Å². The van der Waals surface area contributed by atoms with E-state index in [1.54, 1.807) is 0 Å². The van der Waals surface area contributed by atoms with E-state index in [0.29, 0.717) is 25.9 Å². The lowest BCUT2D eigenvalue weighted by molar-refractivity contribution is -0.148. The summed E-state index contributed by atoms with van der Waals surface area (Å²) in [5, 5.41) is 7.17. The fourth-order valence-electron chi connectivity index (χ4n) is 1.66. The zero-order chi connectivity index (χ0) is 10.8. The van der Waals surface area contributed by atoms with Crippen molar-refractivity contribution in [1.29, 1.82) is 5.41 Å². The summed E-state index contributed by atoms with van der Waals surface area (Å²) in [6, 6.07) is 0. The van der Waals surface area contributed by atoms with Gasteiger partial charge in [0.15, 0.2) is 0 Å². The predicted molar refractivity (Wildman–Crippen MR) is 47.1 cm³/mol. The highest BCUT2D eigenvalue weighted by molar-refractivity contribution is 5.79. The predicted octanol–water partition coefficient (Wildman–Crippen LogP) is 1.20. The molecule has 0 spiro atoms. The molecule has 0 atom stereocenters. The van der Waals surface area contributed by atoms with E-state index in [1.807, 2.05) is 0 Å². The maximum Gasteiger partial charge on any atom is 0.401 e. The Labute approximate surface area is 80.6 Å². The summed E-state index contributed by atoms with van der Waals surface area (Å²) in [4.78, 5) is 1.36. The maximum absolute atomic E-state index is 12.0. The number of rotatable bonds is 2. The Balaban J connectivity index is 2.33. The average molecular weight is 209 g/mol. The van der Waals surface area contributed by atoms with E-state index in [0.717, 1.165) is 0 Å². The van der Waals surface area contributed by atoms with Crippen molar-refractivity contribution in [3.05, 3.63) is 0 Å². The Hall–Kier alpha value is -0.780. The first-order valence-electron chi connectivity index (χ1n) is 4.51. The molecule has 0 bridgehead atoms. The topological polar surface area (TPSA) is 53.1 Å². The lowest BCUT2D eigenvalue weighted by atomic mass is 9.96. The quantitative estimate of drug-likeness (QED) is 0.530. The number of amidine groups is 1. The van der Waals surface area contributed by atoms with Crippen LogP contribution >= 0.6 is 0 Å². The second-order valence-electron chi connectivity index (χ2n) is 3.62. The molecule has 0 radical (unpaired) electrons. The van der Waals surface area contributed by atoms with E-state index in [9.17, 15) is 13.2 Å². The molecule has 14 heavy (non-hydrogen) atoms. The average Bonchev–Trinajstić information content (AvgIpc) is 2.02. The van der Waals surface area contributed by atoms with Gasteiger partial charge >= 0.3 is 6.18 Å². The summed E-state index contributed by atoms with van der Waals surface area (Å²) in [7, 11) is 0. The van der Waals surface area contributed by atoms with Gasteiger partial charge in [0.25, 0.3) is 0 Å². The Morgan fingerprint density at radius 2 is 1.86 bits per heavy atom. The molecule has 1 aliphatic heterocycles. The van der Waals surface area contributed by atoms with Crippen LogP contribution in [0.5, 0.6) is 0 Å². The molecule has 82 valence electrons. The highest BCUT2D eigenvalue weighted by Crippen LogP contribution is 2.22. The van der Waals surface area contributed by atoms with Crippen molar-refractivity contribution < 1.29 is 13.2 Å². The highest BCUT2D eigenvalue weighted by atomic mass is 19.4. The van der Waals surface area contributed by atoms with E-state index in [4.69, 9.17) is 11.1 Å². The molecule has 0 amide bonds. The van der Waals surface area contributed by atoms with Gasteiger partial charge in [0.1, 0.15) is 0 Å². The molecule has 1 fully saturated rings. The van der Waals surface area contributed by atoms with Crippen LogP contribution in [-0.2, 0) is 0 Å². The fourth-order valence-corrected chi connectivity index (χ4v) is 1.66. The molecule has 0 unspecified atom stereocenters. The monoisotopic (exact) mass is 209 g/mol. The van der Waals surface area contributed by atoms with Crippen LogP contribution in [0.25, 0.3) is 0 Å². The van der Waals surface area contributed by atoms with Crippen molar-refractivity contribution in [3.8, 4) is 0 Å². The zero-order valence-corrected chi connectivity index (χ0v) is 7.77. The van der Waals surface area contributed by atoms with Crippen molar-refractivity contribution in [2.24, 2.45) is 11.7 Å². The van der Waals surface area contributed by atoms with Crippen LogP contribution in [0, 0.1) is 11.3 Å². The normalized spacial score (nSPS) is 21.1. The number of nitrogens with two attached hydrogens (primary N) is 1. The molecule has 0 aromatic rings. The van der Waals surface area contributed by atoms with Crippen molar-refractivity contribution >= 4 is 5.84 Å². The van der Waals surface area contributed by atoms with Gasteiger partial charge < -0.3 is 5.73 Å². The minimum absolute atomic E-state index is 0.0283. The second kappa shape index (κ2) is 4.16. The van der Waals surface area contributed by atoms with E-state index in [-0.39, 0.29) is 11.8 Å². The van der Waals surface area contributed by atoms with Crippen LogP contribution in [0.3, 0.4) is 0 Å². The molecule has 1 saturated heterocycles. The molecule has 0 saturated carbocycles. The van der Waals surface area contributed by atoms with Crippen molar-refractivity contribution in [2.75, 3.05) is 19.6 Å². The molecule has 0 aromatic heterocycles. The van der Waals surface area contributed by atoms with Gasteiger partial charge in [-0.2, -0.15) is 13.2 Å². The van der Waals surface area contributed by atoms with E-state index in [2.05, 4.69) is 0 Å². The van der Waals surface area contributed by atoms with Crippen LogP contribution < -0.4 is 5.73 Å². The number of hydrogen-bond acceptors (Lipinski definition) is 2. The van der Waals surface area contributed by atoms with Gasteiger partial charge in [-0.25, -0.2) is 0 Å². The summed E-state index contributed by atoms with van der Waals surface area (Å²) < 4.78 is 36.0. The van der Waals surface area contributed by atoms with Gasteiger partial charge in [-0.3, -0.25) is 10.3 Å². The van der Waals surface area contributed by atoms with Crippen LogP contribution in [0.15, 0.2) is 0 Å². The minimum atomic E-state index is -4.12. The molecule has 6 heteroatoms. The van der Waals surface area contributed by atoms with Crippen LogP contribution in [-0.4, -0.2) is 36.5 Å². The number of hydrogen-bond donors (Lipinski definition) is 2. The first-order chi connectivity index (χ1) is 6.38. The molecule has 0 aromatic carbocycles. The number of nitrogens with one attached hydrogen (secondary N) is 1. The molecule has 1 rings (SSSR count). The third-order valence-electron chi connectivity index (χ3n) is 2.43. The van der Waals surface area contributed by atoms with Crippen molar-refractivity contribution in [2.45, 2.75) is 19.0 Å². The third kappa shape index (κ3) is 3.53. The summed E-state index contributed by atoms with van der Waals surface area (Å²) in [6.45, 7) is -0.0921. The molecular formula is C8H14F3N3. The second-order valence-corrected chi connectivity index (χ2v) is 3.62. The number of nitrogens with zero attached hydrogens (tertiary/aromatic N) is 1. The lowest BCUT2D eigenvalue weighted by Crippen LogP contribution is -2.42. The number of alkyl halides is 3. The number of piperidine rings is 1. The van der Waals surface area contributed by atoms with Gasteiger partial charge in [0.05, 0.1) is 12.4 Å². The summed E-state index contributed by atoms with van der Waals surface area (Å²) in [5.74, 6) is 0.0659. The summed E-state index contributed by atoms with van der Waals surface area (Å²) in [5.41, 5.74) is 5.28. The molecule has 1 aliphatic rings. The lowest BCUT2D eigenvalue weighted by Gasteiger charge is -2.31. The molecular weight excluding hydrogens is 195 g/mol. The van der Waals surface area contributed by atoms with E-state index >= 15 is 0 Å². The smallest absolute Gasteiger partial charge is 0.387 e. The van der Waals surface area contributed by atoms with Gasteiger partial charge in [0, 0.05) is 5.92 Å². The maximum atomic E-state index is 12.0.